The first-order valence-electron chi connectivity index (χ1n) is 6.87. The van der Waals surface area contributed by atoms with Crippen LogP contribution in [0, 0.1) is 12.7 Å². The van der Waals surface area contributed by atoms with E-state index in [-0.39, 0.29) is 28.7 Å². The third-order valence-corrected chi connectivity index (χ3v) is 3.56. The Morgan fingerprint density at radius 3 is 2.57 bits per heavy atom. The summed E-state index contributed by atoms with van der Waals surface area (Å²) < 4.78 is 18.8. The molecule has 0 unspecified atom stereocenters. The van der Waals surface area contributed by atoms with Crippen molar-refractivity contribution in [3.8, 4) is 0 Å². The lowest BCUT2D eigenvalue weighted by molar-refractivity contribution is -0.114. The highest BCUT2D eigenvalue weighted by atomic mass is 35.5. The maximum absolute atomic E-state index is 13.7. The fourth-order valence-electron chi connectivity index (χ4n) is 2.07. The third-order valence-electron chi connectivity index (χ3n) is 3.20. The summed E-state index contributed by atoms with van der Waals surface area (Å²) in [5.74, 6) is -1.51. The summed E-state index contributed by atoms with van der Waals surface area (Å²) in [4.78, 5) is 23.5. The van der Waals surface area contributed by atoms with Gasteiger partial charge in [0, 0.05) is 12.5 Å². The van der Waals surface area contributed by atoms with E-state index in [1.54, 1.807) is 19.1 Å². The van der Waals surface area contributed by atoms with Crippen LogP contribution < -0.4 is 5.32 Å². The van der Waals surface area contributed by atoms with Crippen LogP contribution in [0.3, 0.4) is 0 Å². The first kappa shape index (κ1) is 17.0. The number of carbonyl (C=O) groups is 2. The molecule has 0 heterocycles. The molecule has 0 fully saturated rings. The highest BCUT2D eigenvalue weighted by Crippen LogP contribution is 2.24. The number of para-hydroxylation sites is 1. The number of halogens is 2. The van der Waals surface area contributed by atoms with Crippen LogP contribution in [-0.2, 0) is 16.1 Å². The van der Waals surface area contributed by atoms with Crippen LogP contribution in [0.25, 0.3) is 0 Å². The topological polar surface area (TPSA) is 55.4 Å². The molecule has 0 atom stereocenters. The lowest BCUT2D eigenvalue weighted by Crippen LogP contribution is -2.14. The number of rotatable bonds is 4. The average Bonchev–Trinajstić information content (AvgIpc) is 2.48. The second kappa shape index (κ2) is 7.24. The second-order valence-corrected chi connectivity index (χ2v) is 5.36. The van der Waals surface area contributed by atoms with Crippen molar-refractivity contribution in [2.45, 2.75) is 20.5 Å². The molecule has 0 aliphatic heterocycles. The summed E-state index contributed by atoms with van der Waals surface area (Å²) in [5, 5.41) is 2.79. The van der Waals surface area contributed by atoms with Gasteiger partial charge < -0.3 is 10.1 Å². The Labute approximate surface area is 138 Å². The molecule has 2 rings (SSSR count). The van der Waals surface area contributed by atoms with Gasteiger partial charge in [0.25, 0.3) is 0 Å². The molecule has 6 heteroatoms. The van der Waals surface area contributed by atoms with E-state index < -0.39 is 11.8 Å². The molecule has 2 aromatic carbocycles. The van der Waals surface area contributed by atoms with E-state index >= 15 is 0 Å². The largest absolute Gasteiger partial charge is 0.457 e. The van der Waals surface area contributed by atoms with E-state index in [0.29, 0.717) is 5.69 Å². The number of ether oxygens (including phenoxy) is 1. The summed E-state index contributed by atoms with van der Waals surface area (Å²) in [6.45, 7) is 2.81. The minimum Gasteiger partial charge on any atom is -0.457 e. The molecule has 23 heavy (non-hydrogen) atoms. The zero-order valence-electron chi connectivity index (χ0n) is 12.7. The van der Waals surface area contributed by atoms with Gasteiger partial charge in [-0.15, -0.1) is 0 Å². The molecule has 0 aromatic heterocycles. The average molecular weight is 336 g/mol. The van der Waals surface area contributed by atoms with Crippen molar-refractivity contribution in [3.05, 3.63) is 63.9 Å². The van der Waals surface area contributed by atoms with Crippen LogP contribution in [-0.4, -0.2) is 11.9 Å². The zero-order valence-corrected chi connectivity index (χ0v) is 13.4. The van der Waals surface area contributed by atoms with Gasteiger partial charge in [-0.25, -0.2) is 9.18 Å². The first-order valence-corrected chi connectivity index (χ1v) is 7.25. The van der Waals surface area contributed by atoms with E-state index in [1.807, 2.05) is 0 Å². The summed E-state index contributed by atoms with van der Waals surface area (Å²) in [6.07, 6.45) is 0. The number of carbonyl (C=O) groups excluding carboxylic acids is 2. The quantitative estimate of drug-likeness (QED) is 0.856. The Morgan fingerprint density at radius 2 is 1.91 bits per heavy atom. The van der Waals surface area contributed by atoms with Gasteiger partial charge in [-0.2, -0.15) is 0 Å². The number of anilines is 1. The van der Waals surface area contributed by atoms with E-state index in [9.17, 15) is 14.0 Å². The fraction of sp³-hybridized carbons (Fsp3) is 0.176. The monoisotopic (exact) mass is 335 g/mol. The fourth-order valence-corrected chi connectivity index (χ4v) is 2.28. The number of benzene rings is 2. The van der Waals surface area contributed by atoms with E-state index in [1.165, 1.54) is 31.2 Å². The van der Waals surface area contributed by atoms with E-state index in [4.69, 9.17) is 16.3 Å². The Bertz CT molecular complexity index is 741. The van der Waals surface area contributed by atoms with Gasteiger partial charge in [-0.1, -0.05) is 29.8 Å². The van der Waals surface area contributed by atoms with Crippen LogP contribution in [0.15, 0.2) is 36.4 Å². The van der Waals surface area contributed by atoms with Gasteiger partial charge >= 0.3 is 5.97 Å². The molecule has 0 aliphatic rings. The molecule has 0 radical (unpaired) electrons. The van der Waals surface area contributed by atoms with Crippen molar-refractivity contribution in [1.82, 2.24) is 0 Å². The van der Waals surface area contributed by atoms with Crippen LogP contribution >= 0.6 is 11.6 Å². The molecule has 1 amide bonds. The van der Waals surface area contributed by atoms with Gasteiger partial charge in [0.05, 0.1) is 16.3 Å². The molecule has 0 bridgehead atoms. The van der Waals surface area contributed by atoms with Gasteiger partial charge in [0.1, 0.15) is 12.4 Å². The normalized spacial score (nSPS) is 10.3. The maximum Gasteiger partial charge on any atom is 0.340 e. The Kier molecular flexibility index (Phi) is 5.34. The number of hydrogen-bond donors (Lipinski definition) is 1. The molecule has 120 valence electrons. The third kappa shape index (κ3) is 4.07. The predicted octanol–water partition coefficient (Wildman–Crippen LogP) is 4.10. The first-order chi connectivity index (χ1) is 10.9. The highest BCUT2D eigenvalue weighted by Gasteiger charge is 2.17. The van der Waals surface area contributed by atoms with Crippen molar-refractivity contribution < 1.29 is 18.7 Å². The van der Waals surface area contributed by atoms with Crippen molar-refractivity contribution in [1.29, 1.82) is 0 Å². The number of amides is 1. The minimum atomic E-state index is -0.670. The predicted molar refractivity (Wildman–Crippen MR) is 86.0 cm³/mol. The van der Waals surface area contributed by atoms with E-state index in [2.05, 4.69) is 5.32 Å². The SMILES string of the molecule is CC(=O)Nc1c(C)cccc1C(=O)OCc1c(F)cccc1Cl. The van der Waals surface area contributed by atoms with Gasteiger partial charge in [-0.3, -0.25) is 4.79 Å². The van der Waals surface area contributed by atoms with Crippen LogP contribution in [0.4, 0.5) is 10.1 Å². The highest BCUT2D eigenvalue weighted by molar-refractivity contribution is 6.31. The van der Waals surface area contributed by atoms with Gasteiger partial charge in [0.2, 0.25) is 5.91 Å². The van der Waals surface area contributed by atoms with Crippen molar-refractivity contribution in [3.63, 3.8) is 0 Å². The molecule has 0 saturated heterocycles. The minimum absolute atomic E-state index is 0.108. The molecule has 4 nitrogen and oxygen atoms in total. The lowest BCUT2D eigenvalue weighted by atomic mass is 10.1. The number of aryl methyl sites for hydroxylation is 1. The summed E-state index contributed by atoms with van der Waals surface area (Å²) in [6, 6.07) is 9.19. The lowest BCUT2D eigenvalue weighted by Gasteiger charge is -2.13. The van der Waals surface area contributed by atoms with E-state index in [0.717, 1.165) is 5.56 Å². The molecular weight excluding hydrogens is 321 g/mol. The zero-order chi connectivity index (χ0) is 17.0. The Balaban J connectivity index is 2.21. The summed E-state index contributed by atoms with van der Waals surface area (Å²) >= 11 is 5.90. The molecular formula is C17H15ClFNO3. The number of nitrogens with one attached hydrogen (secondary N) is 1. The summed E-state index contributed by atoms with van der Waals surface area (Å²) in [5.41, 5.74) is 1.41. The Hall–Kier alpha value is -2.40. The molecule has 1 N–H and O–H groups in total. The molecule has 0 saturated carbocycles. The van der Waals surface area contributed by atoms with Crippen LogP contribution in [0.5, 0.6) is 0 Å². The summed E-state index contributed by atoms with van der Waals surface area (Å²) in [7, 11) is 0. The van der Waals surface area contributed by atoms with Crippen LogP contribution in [0.1, 0.15) is 28.4 Å². The number of hydrogen-bond acceptors (Lipinski definition) is 3. The van der Waals surface area contributed by atoms with Crippen molar-refractivity contribution >= 4 is 29.2 Å². The van der Waals surface area contributed by atoms with Crippen LogP contribution in [0.2, 0.25) is 5.02 Å². The molecule has 0 aliphatic carbocycles. The molecule has 2 aromatic rings. The molecule has 0 spiro atoms. The van der Waals surface area contributed by atoms with Crippen molar-refractivity contribution in [2.24, 2.45) is 0 Å². The second-order valence-electron chi connectivity index (χ2n) is 4.96. The van der Waals surface area contributed by atoms with Gasteiger partial charge in [0.15, 0.2) is 0 Å². The Morgan fingerprint density at radius 1 is 1.22 bits per heavy atom. The standard InChI is InChI=1S/C17H15ClFNO3/c1-10-5-3-6-12(16(10)20-11(2)21)17(22)23-9-13-14(18)7-4-8-15(13)19/h3-8H,9H2,1-2H3,(H,20,21). The maximum atomic E-state index is 13.7. The smallest absolute Gasteiger partial charge is 0.340 e. The van der Waals surface area contributed by atoms with Gasteiger partial charge in [-0.05, 0) is 30.7 Å². The van der Waals surface area contributed by atoms with Crippen molar-refractivity contribution in [2.75, 3.05) is 5.32 Å². The number of esters is 1.